The number of nitrogens with zero attached hydrogens (tertiary/aromatic N) is 2. The predicted octanol–water partition coefficient (Wildman–Crippen LogP) is 4.11. The fourth-order valence-corrected chi connectivity index (χ4v) is 4.09. The summed E-state index contributed by atoms with van der Waals surface area (Å²) in [5.74, 6) is -0.582. The van der Waals surface area contributed by atoms with E-state index in [2.05, 4.69) is 4.98 Å². The molecule has 1 aromatic heterocycles. The Balaban J connectivity index is 1.65. The molecule has 1 N–H and O–H groups in total. The van der Waals surface area contributed by atoms with Crippen molar-refractivity contribution in [3.8, 4) is 10.6 Å². The normalized spacial score (nSPS) is 18.2. The van der Waals surface area contributed by atoms with Gasteiger partial charge in [0.05, 0.1) is 16.8 Å². The summed E-state index contributed by atoms with van der Waals surface area (Å²) in [5, 5.41) is 5.26. The number of nitrogens with one attached hydrogen (secondary N) is 1. The van der Waals surface area contributed by atoms with Crippen LogP contribution in [0.2, 0.25) is 5.02 Å². The Labute approximate surface area is 158 Å². The minimum absolute atomic E-state index is 0.422. The van der Waals surface area contributed by atoms with Crippen LogP contribution in [0, 0.1) is 0 Å². The zero-order valence-electron chi connectivity index (χ0n) is 13.7. The van der Waals surface area contributed by atoms with Gasteiger partial charge in [0.15, 0.2) is 0 Å². The average Bonchev–Trinajstić information content (AvgIpc) is 3.22. The van der Waals surface area contributed by atoms with Crippen LogP contribution >= 0.6 is 22.9 Å². The summed E-state index contributed by atoms with van der Waals surface area (Å²) < 4.78 is 36.9. The first kappa shape index (κ1) is 19.1. The molecule has 1 unspecified atom stereocenters. The topological polar surface area (TPSA) is 45.2 Å². The van der Waals surface area contributed by atoms with E-state index in [4.69, 9.17) is 11.6 Å². The molecule has 26 heavy (non-hydrogen) atoms. The second kappa shape index (κ2) is 7.94. The molecule has 1 saturated heterocycles. The maximum absolute atomic E-state index is 12.3. The number of alkyl halides is 3. The van der Waals surface area contributed by atoms with E-state index in [9.17, 15) is 18.0 Å². The molecule has 9 heteroatoms. The number of halogens is 4. The smallest absolute Gasteiger partial charge is 0.346 e. The van der Waals surface area contributed by atoms with Crippen molar-refractivity contribution >= 4 is 28.8 Å². The van der Waals surface area contributed by atoms with Gasteiger partial charge in [0.1, 0.15) is 11.6 Å². The predicted molar refractivity (Wildman–Crippen MR) is 95.1 cm³/mol. The minimum Gasteiger partial charge on any atom is -0.346 e. The van der Waals surface area contributed by atoms with Gasteiger partial charge in [-0.25, -0.2) is 4.98 Å². The first-order valence-electron chi connectivity index (χ1n) is 8.11. The van der Waals surface area contributed by atoms with Crippen molar-refractivity contribution in [2.24, 2.45) is 0 Å². The Morgan fingerprint density at radius 1 is 1.38 bits per heavy atom. The third kappa shape index (κ3) is 4.75. The molecule has 0 aliphatic carbocycles. The number of aromatic nitrogens is 1. The summed E-state index contributed by atoms with van der Waals surface area (Å²) in [6, 6.07) is 6.84. The molecule has 0 radical (unpaired) electrons. The van der Waals surface area contributed by atoms with E-state index in [1.54, 1.807) is 6.07 Å². The largest absolute Gasteiger partial charge is 0.405 e. The van der Waals surface area contributed by atoms with Crippen molar-refractivity contribution in [1.29, 1.82) is 0 Å². The fourth-order valence-electron chi connectivity index (χ4n) is 2.96. The van der Waals surface area contributed by atoms with E-state index >= 15 is 0 Å². The van der Waals surface area contributed by atoms with Crippen LogP contribution in [0.1, 0.15) is 18.5 Å². The number of rotatable bonds is 5. The van der Waals surface area contributed by atoms with Crippen molar-refractivity contribution in [2.45, 2.75) is 31.6 Å². The van der Waals surface area contributed by atoms with Crippen LogP contribution in [0.5, 0.6) is 0 Å². The molecular formula is C17H17ClF3N3OS. The van der Waals surface area contributed by atoms with Gasteiger partial charge in [0, 0.05) is 17.5 Å². The zero-order chi connectivity index (χ0) is 18.7. The summed E-state index contributed by atoms with van der Waals surface area (Å²) in [7, 11) is 0. The van der Waals surface area contributed by atoms with Gasteiger partial charge in [-0.3, -0.25) is 9.69 Å². The van der Waals surface area contributed by atoms with Crippen LogP contribution in [0.4, 0.5) is 13.2 Å². The monoisotopic (exact) mass is 403 g/mol. The third-order valence-electron chi connectivity index (χ3n) is 4.15. The molecule has 0 spiro atoms. The molecule has 0 bridgehead atoms. The first-order chi connectivity index (χ1) is 12.3. The van der Waals surface area contributed by atoms with Crippen molar-refractivity contribution in [1.82, 2.24) is 15.2 Å². The summed E-state index contributed by atoms with van der Waals surface area (Å²) >= 11 is 7.64. The van der Waals surface area contributed by atoms with Gasteiger partial charge < -0.3 is 5.32 Å². The van der Waals surface area contributed by atoms with Gasteiger partial charge >= 0.3 is 6.18 Å². The highest BCUT2D eigenvalue weighted by molar-refractivity contribution is 7.13. The number of thiazole rings is 1. The molecule has 2 heterocycles. The Morgan fingerprint density at radius 3 is 2.88 bits per heavy atom. The Kier molecular flexibility index (Phi) is 5.84. The van der Waals surface area contributed by atoms with Gasteiger partial charge in [-0.2, -0.15) is 13.2 Å². The quantitative estimate of drug-likeness (QED) is 0.817. The molecule has 1 aliphatic heterocycles. The SMILES string of the molecule is O=C(NCC(F)(F)F)C1CCCN1Cc1csc(-c2ccccc2Cl)n1. The van der Waals surface area contributed by atoms with Crippen LogP contribution in [-0.2, 0) is 11.3 Å². The van der Waals surface area contributed by atoms with Crippen molar-refractivity contribution < 1.29 is 18.0 Å². The standard InChI is InChI=1S/C17H17ClF3N3OS/c18-13-5-2-1-4-12(13)16-23-11(9-26-16)8-24-7-3-6-14(24)15(25)22-10-17(19,20)21/h1-2,4-5,9,14H,3,6-8,10H2,(H,22,25). The molecule has 1 aliphatic rings. The van der Waals surface area contributed by atoms with E-state index in [-0.39, 0.29) is 0 Å². The van der Waals surface area contributed by atoms with Crippen LogP contribution < -0.4 is 5.32 Å². The van der Waals surface area contributed by atoms with Crippen LogP contribution in [0.25, 0.3) is 10.6 Å². The Bertz CT molecular complexity index is 781. The molecule has 4 nitrogen and oxygen atoms in total. The Hall–Kier alpha value is -1.64. The van der Waals surface area contributed by atoms with Crippen molar-refractivity contribution in [3.05, 3.63) is 40.4 Å². The van der Waals surface area contributed by atoms with E-state index in [0.717, 1.165) is 22.7 Å². The second-order valence-corrected chi connectivity index (χ2v) is 7.35. The third-order valence-corrected chi connectivity index (χ3v) is 5.40. The van der Waals surface area contributed by atoms with Gasteiger partial charge in [-0.05, 0) is 25.5 Å². The molecule has 1 aromatic carbocycles. The number of carbonyl (C=O) groups excluding carboxylic acids is 1. The summed E-state index contributed by atoms with van der Waals surface area (Å²) in [6.45, 7) is -0.225. The molecule has 140 valence electrons. The molecule has 0 saturated carbocycles. The van der Waals surface area contributed by atoms with E-state index in [1.807, 2.05) is 33.8 Å². The van der Waals surface area contributed by atoms with E-state index in [0.29, 0.717) is 24.5 Å². The summed E-state index contributed by atoms with van der Waals surface area (Å²) in [4.78, 5) is 18.5. The van der Waals surface area contributed by atoms with Gasteiger partial charge in [-0.15, -0.1) is 11.3 Å². The number of hydrogen-bond acceptors (Lipinski definition) is 4. The molecule has 1 fully saturated rings. The van der Waals surface area contributed by atoms with Crippen LogP contribution in [0.3, 0.4) is 0 Å². The zero-order valence-corrected chi connectivity index (χ0v) is 15.3. The maximum atomic E-state index is 12.3. The molecular weight excluding hydrogens is 387 g/mol. The molecule has 1 amide bonds. The van der Waals surface area contributed by atoms with Crippen LogP contribution in [-0.4, -0.2) is 41.1 Å². The lowest BCUT2D eigenvalue weighted by molar-refractivity contribution is -0.141. The van der Waals surface area contributed by atoms with Crippen molar-refractivity contribution in [3.63, 3.8) is 0 Å². The number of hydrogen-bond donors (Lipinski definition) is 1. The summed E-state index contributed by atoms with van der Waals surface area (Å²) in [6.07, 6.45) is -3.09. The molecule has 1 atom stereocenters. The highest BCUT2D eigenvalue weighted by Gasteiger charge is 2.34. The lowest BCUT2D eigenvalue weighted by Crippen LogP contribution is -2.45. The molecule has 2 aromatic rings. The van der Waals surface area contributed by atoms with E-state index < -0.39 is 24.7 Å². The maximum Gasteiger partial charge on any atom is 0.405 e. The number of amides is 1. The van der Waals surface area contributed by atoms with Gasteiger partial charge in [-0.1, -0.05) is 29.8 Å². The lowest BCUT2D eigenvalue weighted by Gasteiger charge is -2.23. The number of carbonyl (C=O) groups is 1. The highest BCUT2D eigenvalue weighted by atomic mass is 35.5. The highest BCUT2D eigenvalue weighted by Crippen LogP contribution is 2.31. The minimum atomic E-state index is -4.40. The summed E-state index contributed by atoms with van der Waals surface area (Å²) in [5.41, 5.74) is 1.62. The van der Waals surface area contributed by atoms with Gasteiger partial charge in [0.25, 0.3) is 0 Å². The Morgan fingerprint density at radius 2 is 2.15 bits per heavy atom. The number of benzene rings is 1. The fraction of sp³-hybridized carbons (Fsp3) is 0.412. The van der Waals surface area contributed by atoms with E-state index in [1.165, 1.54) is 11.3 Å². The lowest BCUT2D eigenvalue weighted by atomic mass is 10.2. The van der Waals surface area contributed by atoms with Gasteiger partial charge in [0.2, 0.25) is 5.91 Å². The second-order valence-electron chi connectivity index (χ2n) is 6.09. The first-order valence-corrected chi connectivity index (χ1v) is 9.37. The molecule has 3 rings (SSSR count). The average molecular weight is 404 g/mol. The van der Waals surface area contributed by atoms with Crippen LogP contribution in [0.15, 0.2) is 29.6 Å². The van der Waals surface area contributed by atoms with Crippen molar-refractivity contribution in [2.75, 3.05) is 13.1 Å². The number of likely N-dealkylation sites (tertiary alicyclic amines) is 1.